The molecule has 0 aromatic carbocycles. The highest BCUT2D eigenvalue weighted by Gasteiger charge is 2.39. The van der Waals surface area contributed by atoms with Crippen LogP contribution in [0.25, 0.3) is 0 Å². The Morgan fingerprint density at radius 2 is 1.61 bits per heavy atom. The Hall–Kier alpha value is -1.68. The minimum atomic E-state index is -0.644. The molecule has 28 heavy (non-hydrogen) atoms. The van der Waals surface area contributed by atoms with Gasteiger partial charge in [-0.05, 0) is 65.4 Å². The number of aliphatic hydroxyl groups is 1. The largest absolute Gasteiger partial charge is 0.493 e. The molecule has 1 rings (SSSR count). The lowest BCUT2D eigenvalue weighted by Crippen LogP contribution is -2.38. The third-order valence-corrected chi connectivity index (χ3v) is 5.70. The molecule has 0 fully saturated rings. The maximum absolute atomic E-state index is 12.4. The predicted octanol–water partition coefficient (Wildman–Crippen LogP) is 5.86. The quantitative estimate of drug-likeness (QED) is 0.474. The van der Waals surface area contributed by atoms with Gasteiger partial charge in [-0.3, -0.25) is 4.79 Å². The van der Waals surface area contributed by atoms with Gasteiger partial charge in [-0.15, -0.1) is 0 Å². The summed E-state index contributed by atoms with van der Waals surface area (Å²) >= 11 is 0. The second-order valence-electron chi connectivity index (χ2n) is 8.08. The molecule has 0 saturated carbocycles. The molecule has 158 valence electrons. The van der Waals surface area contributed by atoms with Crippen LogP contribution in [-0.2, 0) is 9.53 Å². The summed E-state index contributed by atoms with van der Waals surface area (Å²) in [4.78, 5) is 12.4. The van der Waals surface area contributed by atoms with E-state index in [4.69, 9.17) is 4.74 Å². The molecule has 3 unspecified atom stereocenters. The SMILES string of the molecule is COC1=C(C)C(O)C(CC=C(C)CCC=C(C)CCC=C(C)CF)C(C)C1=O. The first-order valence-electron chi connectivity index (χ1n) is 10.2. The fourth-order valence-corrected chi connectivity index (χ4v) is 3.61. The number of hydrogen-bond donors (Lipinski definition) is 1. The lowest BCUT2D eigenvalue weighted by Gasteiger charge is -2.33. The molecule has 1 N–H and O–H groups in total. The summed E-state index contributed by atoms with van der Waals surface area (Å²) in [6.45, 7) is 9.31. The molecule has 3 nitrogen and oxygen atoms in total. The maximum atomic E-state index is 12.4. The summed E-state index contributed by atoms with van der Waals surface area (Å²) in [6.07, 6.45) is 10.2. The van der Waals surface area contributed by atoms with Gasteiger partial charge in [-0.2, -0.15) is 0 Å². The van der Waals surface area contributed by atoms with Crippen molar-refractivity contribution in [3.8, 4) is 0 Å². The van der Waals surface area contributed by atoms with Gasteiger partial charge < -0.3 is 9.84 Å². The van der Waals surface area contributed by atoms with Crippen molar-refractivity contribution in [3.05, 3.63) is 46.3 Å². The fraction of sp³-hybridized carbons (Fsp3) is 0.625. The van der Waals surface area contributed by atoms with Gasteiger partial charge in [0.15, 0.2) is 5.76 Å². The Morgan fingerprint density at radius 3 is 2.14 bits per heavy atom. The van der Waals surface area contributed by atoms with Gasteiger partial charge in [0, 0.05) is 17.4 Å². The van der Waals surface area contributed by atoms with Crippen LogP contribution in [0.5, 0.6) is 0 Å². The lowest BCUT2D eigenvalue weighted by atomic mass is 9.75. The van der Waals surface area contributed by atoms with Crippen LogP contribution >= 0.6 is 0 Å². The number of Topliss-reactive ketones (excluding diaryl/α,β-unsaturated/α-hetero) is 1. The molecule has 0 aliphatic heterocycles. The van der Waals surface area contributed by atoms with E-state index in [2.05, 4.69) is 26.0 Å². The van der Waals surface area contributed by atoms with Crippen LogP contribution in [0.15, 0.2) is 46.3 Å². The van der Waals surface area contributed by atoms with Crippen molar-refractivity contribution in [2.24, 2.45) is 11.8 Å². The van der Waals surface area contributed by atoms with E-state index in [0.717, 1.165) is 31.3 Å². The van der Waals surface area contributed by atoms with Crippen LogP contribution in [-0.4, -0.2) is 30.8 Å². The van der Waals surface area contributed by atoms with Crippen LogP contribution in [0.4, 0.5) is 4.39 Å². The summed E-state index contributed by atoms with van der Waals surface area (Å²) in [5.74, 6) is -0.0593. The fourth-order valence-electron chi connectivity index (χ4n) is 3.61. The number of aliphatic hydroxyl groups excluding tert-OH is 1. The molecule has 0 spiro atoms. The Kier molecular flexibility index (Phi) is 10.4. The Bertz CT molecular complexity index is 655. The van der Waals surface area contributed by atoms with Gasteiger partial charge in [0.1, 0.15) is 6.67 Å². The van der Waals surface area contributed by atoms with Crippen molar-refractivity contribution in [3.63, 3.8) is 0 Å². The van der Waals surface area contributed by atoms with Crippen LogP contribution in [0.1, 0.15) is 66.7 Å². The summed E-state index contributed by atoms with van der Waals surface area (Å²) in [7, 11) is 1.48. The van der Waals surface area contributed by atoms with E-state index >= 15 is 0 Å². The maximum Gasteiger partial charge on any atom is 0.200 e. The minimum absolute atomic E-state index is 0.0167. The van der Waals surface area contributed by atoms with Gasteiger partial charge >= 0.3 is 0 Å². The van der Waals surface area contributed by atoms with Crippen molar-refractivity contribution in [1.29, 1.82) is 0 Å². The van der Waals surface area contributed by atoms with E-state index in [0.29, 0.717) is 17.8 Å². The number of alkyl halides is 1. The van der Waals surface area contributed by atoms with Crippen molar-refractivity contribution in [2.45, 2.75) is 72.8 Å². The number of ether oxygens (including phenoxy) is 1. The number of rotatable bonds is 10. The van der Waals surface area contributed by atoms with Crippen molar-refractivity contribution < 1.29 is 19.0 Å². The summed E-state index contributed by atoms with van der Waals surface area (Å²) in [6, 6.07) is 0. The van der Waals surface area contributed by atoms with Gasteiger partial charge in [0.2, 0.25) is 5.78 Å². The molecule has 0 radical (unpaired) electrons. The third-order valence-electron chi connectivity index (χ3n) is 5.70. The molecule has 0 bridgehead atoms. The first-order valence-corrected chi connectivity index (χ1v) is 10.2. The van der Waals surface area contributed by atoms with E-state index in [1.807, 2.05) is 19.9 Å². The van der Waals surface area contributed by atoms with Crippen molar-refractivity contribution in [1.82, 2.24) is 0 Å². The van der Waals surface area contributed by atoms with Gasteiger partial charge in [-0.25, -0.2) is 4.39 Å². The van der Waals surface area contributed by atoms with Gasteiger partial charge in [0.05, 0.1) is 13.2 Å². The van der Waals surface area contributed by atoms with E-state index in [9.17, 15) is 14.3 Å². The van der Waals surface area contributed by atoms with Crippen LogP contribution < -0.4 is 0 Å². The third kappa shape index (κ3) is 7.05. The molecule has 0 heterocycles. The number of methoxy groups -OCH3 is 1. The topological polar surface area (TPSA) is 46.5 Å². The smallest absolute Gasteiger partial charge is 0.200 e. The lowest BCUT2D eigenvalue weighted by molar-refractivity contribution is -0.126. The normalized spacial score (nSPS) is 24.8. The standard InChI is InChI=1S/C24H37FO3/c1-16(10-8-12-18(3)15-25)9-7-11-17(2)13-14-21-19(4)23(27)24(28-6)20(5)22(21)26/h9,12-13,19,21-22,26H,7-8,10-11,14-15H2,1-6H3. The zero-order chi connectivity index (χ0) is 21.3. The van der Waals surface area contributed by atoms with E-state index in [1.54, 1.807) is 6.92 Å². The summed E-state index contributed by atoms with van der Waals surface area (Å²) < 4.78 is 17.6. The number of carbonyl (C=O) groups is 1. The Labute approximate surface area is 170 Å². The van der Waals surface area contributed by atoms with E-state index in [1.165, 1.54) is 18.3 Å². The van der Waals surface area contributed by atoms with Crippen LogP contribution in [0, 0.1) is 11.8 Å². The highest BCUT2D eigenvalue weighted by atomic mass is 19.1. The van der Waals surface area contributed by atoms with Gasteiger partial charge in [-0.1, -0.05) is 36.3 Å². The van der Waals surface area contributed by atoms with E-state index < -0.39 is 6.10 Å². The second kappa shape index (κ2) is 12.0. The number of carbonyl (C=O) groups excluding carboxylic acids is 1. The molecule has 4 heteroatoms. The highest BCUT2D eigenvalue weighted by molar-refractivity contribution is 5.97. The summed E-state index contributed by atoms with van der Waals surface area (Å²) in [5, 5.41) is 10.6. The average molecular weight is 393 g/mol. The van der Waals surface area contributed by atoms with E-state index in [-0.39, 0.29) is 24.3 Å². The monoisotopic (exact) mass is 392 g/mol. The minimum Gasteiger partial charge on any atom is -0.493 e. The molecule has 0 aromatic heterocycles. The van der Waals surface area contributed by atoms with Crippen molar-refractivity contribution in [2.75, 3.05) is 13.8 Å². The molecule has 1 aliphatic carbocycles. The number of ketones is 1. The zero-order valence-corrected chi connectivity index (χ0v) is 18.3. The summed E-state index contributed by atoms with van der Waals surface area (Å²) in [5.41, 5.74) is 4.03. The van der Waals surface area contributed by atoms with Crippen LogP contribution in [0.3, 0.4) is 0 Å². The second-order valence-corrected chi connectivity index (χ2v) is 8.08. The first kappa shape index (κ1) is 24.4. The van der Waals surface area contributed by atoms with Crippen LogP contribution in [0.2, 0.25) is 0 Å². The molecular weight excluding hydrogens is 355 g/mol. The molecule has 1 aliphatic rings. The Balaban J connectivity index is 2.55. The Morgan fingerprint density at radius 1 is 1.07 bits per heavy atom. The number of halogens is 1. The molecule has 0 aromatic rings. The number of allylic oxidation sites excluding steroid dienone is 7. The van der Waals surface area contributed by atoms with Crippen molar-refractivity contribution >= 4 is 5.78 Å². The average Bonchev–Trinajstić information content (AvgIpc) is 2.66. The molecule has 3 atom stereocenters. The molecule has 0 saturated heterocycles. The highest BCUT2D eigenvalue weighted by Crippen LogP contribution is 2.34. The zero-order valence-electron chi connectivity index (χ0n) is 18.3. The molecular formula is C24H37FO3. The first-order chi connectivity index (χ1) is 13.2. The van der Waals surface area contributed by atoms with Gasteiger partial charge in [0.25, 0.3) is 0 Å². The predicted molar refractivity (Wildman–Crippen MR) is 114 cm³/mol. The number of hydrogen-bond acceptors (Lipinski definition) is 3. The molecule has 0 amide bonds.